The van der Waals surface area contributed by atoms with E-state index < -0.39 is 0 Å². The lowest BCUT2D eigenvalue weighted by atomic mass is 9.99. The second-order valence-corrected chi connectivity index (χ2v) is 6.37. The van der Waals surface area contributed by atoms with E-state index in [9.17, 15) is 0 Å². The molecule has 1 aromatic heterocycles. The standard InChI is InChI=1S/C21H21N3O/c1-2-5-20-15-24(13-10-19(20)4-1)14-17-6-8-18(9-7-17)16-25-21-22-11-3-12-23-21/h1-9,11-12H,10,13-16H2. The number of hydrogen-bond acceptors (Lipinski definition) is 4. The van der Waals surface area contributed by atoms with Crippen LogP contribution in [-0.4, -0.2) is 21.4 Å². The lowest BCUT2D eigenvalue weighted by molar-refractivity contribution is 0.245. The average molecular weight is 331 g/mol. The van der Waals surface area contributed by atoms with Gasteiger partial charge in [-0.3, -0.25) is 4.90 Å². The summed E-state index contributed by atoms with van der Waals surface area (Å²) in [6, 6.07) is 19.6. The Morgan fingerprint density at radius 2 is 1.56 bits per heavy atom. The third kappa shape index (κ3) is 4.03. The minimum atomic E-state index is 0.415. The molecular weight excluding hydrogens is 310 g/mol. The van der Waals surface area contributed by atoms with Crippen molar-refractivity contribution in [3.63, 3.8) is 0 Å². The molecule has 0 spiro atoms. The Labute approximate surface area is 148 Å². The molecule has 0 saturated heterocycles. The summed E-state index contributed by atoms with van der Waals surface area (Å²) >= 11 is 0. The first kappa shape index (κ1) is 15.8. The Morgan fingerprint density at radius 1 is 0.840 bits per heavy atom. The van der Waals surface area contributed by atoms with Gasteiger partial charge in [0.15, 0.2) is 0 Å². The van der Waals surface area contributed by atoms with Gasteiger partial charge in [0.05, 0.1) is 0 Å². The molecule has 2 aromatic carbocycles. The number of benzene rings is 2. The highest BCUT2D eigenvalue weighted by atomic mass is 16.5. The van der Waals surface area contributed by atoms with Crippen molar-refractivity contribution in [2.24, 2.45) is 0 Å². The van der Waals surface area contributed by atoms with Crippen molar-refractivity contribution in [1.29, 1.82) is 0 Å². The number of rotatable bonds is 5. The van der Waals surface area contributed by atoms with Crippen LogP contribution in [0.25, 0.3) is 0 Å². The van der Waals surface area contributed by atoms with E-state index in [0.717, 1.165) is 31.6 Å². The maximum absolute atomic E-state index is 5.59. The van der Waals surface area contributed by atoms with Gasteiger partial charge in [0.2, 0.25) is 0 Å². The molecule has 0 bridgehead atoms. The first-order chi connectivity index (χ1) is 12.4. The maximum Gasteiger partial charge on any atom is 0.316 e. The zero-order chi connectivity index (χ0) is 16.9. The summed E-state index contributed by atoms with van der Waals surface area (Å²) in [5.41, 5.74) is 5.41. The molecule has 4 heteroatoms. The highest BCUT2D eigenvalue weighted by molar-refractivity contribution is 5.29. The molecule has 4 rings (SSSR count). The van der Waals surface area contributed by atoms with E-state index in [4.69, 9.17) is 4.74 Å². The Bertz CT molecular complexity index is 818. The summed E-state index contributed by atoms with van der Waals surface area (Å²) in [4.78, 5) is 10.6. The van der Waals surface area contributed by atoms with Crippen molar-refractivity contribution in [2.75, 3.05) is 6.54 Å². The molecule has 0 N–H and O–H groups in total. The van der Waals surface area contributed by atoms with Gasteiger partial charge >= 0.3 is 6.01 Å². The van der Waals surface area contributed by atoms with Gasteiger partial charge in [-0.25, -0.2) is 9.97 Å². The number of aromatic nitrogens is 2. The van der Waals surface area contributed by atoms with Gasteiger partial charge in [-0.05, 0) is 34.7 Å². The Morgan fingerprint density at radius 3 is 2.36 bits per heavy atom. The summed E-state index contributed by atoms with van der Waals surface area (Å²) in [6.07, 6.45) is 4.50. The molecule has 0 unspecified atom stereocenters. The van der Waals surface area contributed by atoms with Gasteiger partial charge in [0.1, 0.15) is 6.61 Å². The predicted octanol–water partition coefficient (Wildman–Crippen LogP) is 3.61. The van der Waals surface area contributed by atoms with Gasteiger partial charge in [0, 0.05) is 32.0 Å². The van der Waals surface area contributed by atoms with Crippen molar-refractivity contribution in [3.8, 4) is 6.01 Å². The maximum atomic E-state index is 5.59. The van der Waals surface area contributed by atoms with Crippen molar-refractivity contribution in [3.05, 3.63) is 89.2 Å². The fourth-order valence-corrected chi connectivity index (χ4v) is 3.20. The molecule has 0 radical (unpaired) electrons. The molecule has 126 valence electrons. The molecule has 0 fully saturated rings. The fourth-order valence-electron chi connectivity index (χ4n) is 3.20. The average Bonchev–Trinajstić information content (AvgIpc) is 2.68. The molecule has 2 heterocycles. The molecule has 0 atom stereocenters. The second kappa shape index (κ2) is 7.45. The number of fused-ring (bicyclic) bond motifs is 1. The molecule has 0 saturated carbocycles. The smallest absolute Gasteiger partial charge is 0.316 e. The minimum absolute atomic E-state index is 0.415. The van der Waals surface area contributed by atoms with Crippen molar-refractivity contribution < 1.29 is 4.74 Å². The normalized spacial score (nSPS) is 14.1. The monoisotopic (exact) mass is 331 g/mol. The SMILES string of the molecule is c1cnc(OCc2ccc(CN3CCc4ccccc4C3)cc2)nc1. The van der Waals surface area contributed by atoms with E-state index in [1.165, 1.54) is 16.7 Å². The van der Waals surface area contributed by atoms with Gasteiger partial charge in [-0.15, -0.1) is 0 Å². The summed E-state index contributed by atoms with van der Waals surface area (Å²) in [5, 5.41) is 0. The molecular formula is C21H21N3O. The van der Waals surface area contributed by atoms with E-state index in [-0.39, 0.29) is 0 Å². The number of nitrogens with zero attached hydrogens (tertiary/aromatic N) is 3. The molecule has 0 amide bonds. The topological polar surface area (TPSA) is 38.2 Å². The lowest BCUT2D eigenvalue weighted by Gasteiger charge is -2.28. The lowest BCUT2D eigenvalue weighted by Crippen LogP contribution is -2.29. The Balaban J connectivity index is 1.33. The Hall–Kier alpha value is -2.72. The van der Waals surface area contributed by atoms with E-state index in [1.807, 2.05) is 0 Å². The summed E-state index contributed by atoms with van der Waals surface area (Å²) in [7, 11) is 0. The third-order valence-electron chi connectivity index (χ3n) is 4.55. The van der Waals surface area contributed by atoms with E-state index >= 15 is 0 Å². The van der Waals surface area contributed by atoms with Crippen LogP contribution < -0.4 is 4.74 Å². The summed E-state index contributed by atoms with van der Waals surface area (Å²) in [6.45, 7) is 3.62. The van der Waals surface area contributed by atoms with Crippen molar-refractivity contribution in [2.45, 2.75) is 26.1 Å². The minimum Gasteiger partial charge on any atom is -0.459 e. The first-order valence-electron chi connectivity index (χ1n) is 8.63. The van der Waals surface area contributed by atoms with Gasteiger partial charge < -0.3 is 4.74 Å². The zero-order valence-corrected chi connectivity index (χ0v) is 14.1. The zero-order valence-electron chi connectivity index (χ0n) is 14.1. The Kier molecular flexibility index (Phi) is 4.70. The third-order valence-corrected chi connectivity index (χ3v) is 4.55. The molecule has 1 aliphatic rings. The molecule has 4 nitrogen and oxygen atoms in total. The van der Waals surface area contributed by atoms with Crippen molar-refractivity contribution in [1.82, 2.24) is 14.9 Å². The number of ether oxygens (including phenoxy) is 1. The second-order valence-electron chi connectivity index (χ2n) is 6.37. The van der Waals surface area contributed by atoms with E-state index in [1.54, 1.807) is 18.5 Å². The molecule has 0 aliphatic carbocycles. The van der Waals surface area contributed by atoms with Crippen LogP contribution in [0.2, 0.25) is 0 Å². The highest BCUT2D eigenvalue weighted by Crippen LogP contribution is 2.20. The van der Waals surface area contributed by atoms with Crippen LogP contribution in [0.3, 0.4) is 0 Å². The van der Waals surface area contributed by atoms with Gasteiger partial charge in [-0.1, -0.05) is 48.5 Å². The number of hydrogen-bond donors (Lipinski definition) is 0. The van der Waals surface area contributed by atoms with Crippen LogP contribution in [-0.2, 0) is 26.1 Å². The van der Waals surface area contributed by atoms with Gasteiger partial charge in [-0.2, -0.15) is 0 Å². The summed E-state index contributed by atoms with van der Waals surface area (Å²) < 4.78 is 5.59. The molecule has 3 aromatic rings. The van der Waals surface area contributed by atoms with Crippen LogP contribution in [0.5, 0.6) is 6.01 Å². The van der Waals surface area contributed by atoms with Crippen LogP contribution in [0.4, 0.5) is 0 Å². The fraction of sp³-hybridized carbons (Fsp3) is 0.238. The van der Waals surface area contributed by atoms with Crippen LogP contribution >= 0.6 is 0 Å². The van der Waals surface area contributed by atoms with Crippen molar-refractivity contribution >= 4 is 0 Å². The van der Waals surface area contributed by atoms with Gasteiger partial charge in [0.25, 0.3) is 0 Å². The predicted molar refractivity (Wildman–Crippen MR) is 97.1 cm³/mol. The summed E-state index contributed by atoms with van der Waals surface area (Å²) in [5.74, 6) is 0. The van der Waals surface area contributed by atoms with E-state index in [0.29, 0.717) is 12.6 Å². The first-order valence-corrected chi connectivity index (χ1v) is 8.63. The largest absolute Gasteiger partial charge is 0.459 e. The molecule has 1 aliphatic heterocycles. The van der Waals surface area contributed by atoms with Crippen LogP contribution in [0.15, 0.2) is 67.0 Å². The van der Waals surface area contributed by atoms with E-state index in [2.05, 4.69) is 63.4 Å². The van der Waals surface area contributed by atoms with Crippen LogP contribution in [0, 0.1) is 0 Å². The quantitative estimate of drug-likeness (QED) is 0.716. The van der Waals surface area contributed by atoms with Crippen LogP contribution in [0.1, 0.15) is 22.3 Å². The molecule has 25 heavy (non-hydrogen) atoms. The highest BCUT2D eigenvalue weighted by Gasteiger charge is 2.15.